The van der Waals surface area contributed by atoms with E-state index in [0.29, 0.717) is 6.92 Å². The Morgan fingerprint density at radius 2 is 0.805 bits per heavy atom. The van der Waals surface area contributed by atoms with Gasteiger partial charge in [-0.1, -0.05) is 20.8 Å². The lowest BCUT2D eigenvalue weighted by Crippen LogP contribution is -2.22. The van der Waals surface area contributed by atoms with Crippen LogP contribution in [0.15, 0.2) is 12.1 Å². The Morgan fingerprint density at radius 1 is 0.463 bits per heavy atom. The highest BCUT2D eigenvalue weighted by atomic mass is 19.4. The maximum atomic E-state index is 15.4. The van der Waals surface area contributed by atoms with E-state index < -0.39 is 119 Å². The maximum Gasteiger partial charge on any atom is 0.416 e. The van der Waals surface area contributed by atoms with Gasteiger partial charge in [0.1, 0.15) is 0 Å². The molecule has 14 heteroatoms. The Bertz CT molecular complexity index is 1770. The molecule has 4 rings (SSSR count). The van der Waals surface area contributed by atoms with Gasteiger partial charge < -0.3 is 0 Å². The van der Waals surface area contributed by atoms with Gasteiger partial charge in [0, 0.05) is 21.5 Å². The van der Waals surface area contributed by atoms with Crippen molar-refractivity contribution >= 4 is 21.5 Å². The van der Waals surface area contributed by atoms with Crippen molar-refractivity contribution in [2.75, 3.05) is 0 Å². The largest absolute Gasteiger partial charge is 0.416 e. The van der Waals surface area contributed by atoms with Crippen molar-refractivity contribution in [1.29, 1.82) is 0 Å². The first-order valence-corrected chi connectivity index (χ1v) is 11.3. The zero-order chi connectivity index (χ0) is 31.3. The van der Waals surface area contributed by atoms with E-state index >= 15 is 8.78 Å². The second-order valence-corrected chi connectivity index (χ2v) is 10.2. The van der Waals surface area contributed by atoms with Crippen molar-refractivity contribution in [2.45, 2.75) is 45.5 Å². The SMILES string of the molecule is Cc1c(C(F)(F)F)cc2c(F)c(F)c(F)c(F)c2c1-c1c(C(C)(C)C)c(C(F)(F)F)cc2c(F)c(F)c(F)c(F)c12. The summed E-state index contributed by atoms with van der Waals surface area (Å²) in [6.45, 7) is 3.57. The molecule has 0 aromatic heterocycles. The number of hydrogen-bond acceptors (Lipinski definition) is 0. The summed E-state index contributed by atoms with van der Waals surface area (Å²) in [5.41, 5.74) is -11.1. The third kappa shape index (κ3) is 4.45. The molecule has 0 unspecified atom stereocenters. The van der Waals surface area contributed by atoms with E-state index in [0.717, 1.165) is 20.8 Å². The molecule has 0 saturated carbocycles. The van der Waals surface area contributed by atoms with Gasteiger partial charge >= 0.3 is 12.4 Å². The molecule has 0 aliphatic rings. The Kier molecular flexibility index (Phi) is 6.83. The Morgan fingerprint density at radius 3 is 1.17 bits per heavy atom. The fourth-order valence-electron chi connectivity index (χ4n) is 4.97. The number of alkyl halides is 6. The summed E-state index contributed by atoms with van der Waals surface area (Å²) in [5.74, 6) is -19.9. The molecular weight excluding hydrogens is 590 g/mol. The molecule has 4 aromatic rings. The molecule has 0 fully saturated rings. The average molecular weight is 604 g/mol. The first-order valence-electron chi connectivity index (χ1n) is 11.3. The van der Waals surface area contributed by atoms with Gasteiger partial charge in [-0.05, 0) is 46.7 Å². The van der Waals surface area contributed by atoms with Crippen molar-refractivity contribution in [2.24, 2.45) is 0 Å². The minimum Gasteiger partial charge on any atom is -0.203 e. The van der Waals surface area contributed by atoms with Crippen LogP contribution in [-0.4, -0.2) is 0 Å². The fraction of sp³-hybridized carbons (Fsp3) is 0.259. The highest BCUT2D eigenvalue weighted by molar-refractivity contribution is 6.10. The Labute approximate surface area is 221 Å². The van der Waals surface area contributed by atoms with Crippen LogP contribution in [0, 0.1) is 53.5 Å². The number of benzene rings is 4. The molecule has 4 aromatic carbocycles. The molecule has 220 valence electrons. The smallest absolute Gasteiger partial charge is 0.203 e. The van der Waals surface area contributed by atoms with Crippen molar-refractivity contribution < 1.29 is 61.5 Å². The number of rotatable bonds is 1. The monoisotopic (exact) mass is 604 g/mol. The molecule has 0 aliphatic carbocycles. The zero-order valence-electron chi connectivity index (χ0n) is 20.9. The molecule has 0 heterocycles. The molecule has 0 N–H and O–H groups in total. The molecule has 0 spiro atoms. The van der Waals surface area contributed by atoms with Gasteiger partial charge in [0.2, 0.25) is 0 Å². The zero-order valence-corrected chi connectivity index (χ0v) is 20.9. The van der Waals surface area contributed by atoms with Crippen LogP contribution in [-0.2, 0) is 17.8 Å². The second-order valence-electron chi connectivity index (χ2n) is 10.2. The van der Waals surface area contributed by atoms with Gasteiger partial charge in [-0.25, -0.2) is 35.1 Å². The van der Waals surface area contributed by atoms with Crippen LogP contribution >= 0.6 is 0 Å². The molecular formula is C27H14F14. The predicted octanol–water partition coefficient (Wildman–Crippen LogP) is 10.4. The van der Waals surface area contributed by atoms with E-state index in [1.807, 2.05) is 0 Å². The summed E-state index contributed by atoms with van der Waals surface area (Å²) in [6, 6.07) is -0.248. The van der Waals surface area contributed by atoms with Gasteiger partial charge in [-0.3, -0.25) is 0 Å². The third-order valence-corrected chi connectivity index (χ3v) is 6.59. The second kappa shape index (κ2) is 9.21. The molecule has 0 aliphatic heterocycles. The van der Waals surface area contributed by atoms with Crippen LogP contribution < -0.4 is 0 Å². The maximum absolute atomic E-state index is 15.4. The number of hydrogen-bond donors (Lipinski definition) is 0. The Hall–Kier alpha value is -3.58. The molecule has 41 heavy (non-hydrogen) atoms. The standard InChI is InChI=1S/C27H14F14/c1-7-10(26(36,37)38)5-8-13(19(30)23(34)21(32)17(8)28)12(7)15-14-9(18(29)22(33)24(35)20(14)31)6-11(27(39,40)41)16(15)25(2,3)4/h5-6H,1-4H3. The highest BCUT2D eigenvalue weighted by Gasteiger charge is 2.43. The normalized spacial score (nSPS) is 13.1. The summed E-state index contributed by atoms with van der Waals surface area (Å²) in [5, 5.41) is -6.40. The van der Waals surface area contributed by atoms with E-state index in [1.54, 1.807) is 0 Å². The number of fused-ring (bicyclic) bond motifs is 2. The van der Waals surface area contributed by atoms with Crippen molar-refractivity contribution in [3.8, 4) is 11.1 Å². The molecule has 0 atom stereocenters. The minimum absolute atomic E-state index is 0.108. The van der Waals surface area contributed by atoms with Crippen LogP contribution in [0.5, 0.6) is 0 Å². The van der Waals surface area contributed by atoms with Crippen LogP contribution in [0.25, 0.3) is 32.7 Å². The fourth-order valence-corrected chi connectivity index (χ4v) is 4.97. The predicted molar refractivity (Wildman–Crippen MR) is 120 cm³/mol. The van der Waals surface area contributed by atoms with Crippen LogP contribution in [0.2, 0.25) is 0 Å². The van der Waals surface area contributed by atoms with E-state index in [-0.39, 0.29) is 12.1 Å². The average Bonchev–Trinajstić information content (AvgIpc) is 2.84. The van der Waals surface area contributed by atoms with E-state index in [1.165, 1.54) is 0 Å². The summed E-state index contributed by atoms with van der Waals surface area (Å²) < 4.78 is 203. The first-order chi connectivity index (χ1) is 18.5. The molecule has 0 amide bonds. The van der Waals surface area contributed by atoms with E-state index in [9.17, 15) is 52.7 Å². The lowest BCUT2D eigenvalue weighted by molar-refractivity contribution is -0.139. The molecule has 0 bridgehead atoms. The highest BCUT2D eigenvalue weighted by Crippen LogP contribution is 2.52. The minimum atomic E-state index is -5.52. The lowest BCUT2D eigenvalue weighted by Gasteiger charge is -2.31. The summed E-state index contributed by atoms with van der Waals surface area (Å²) in [7, 11) is 0. The quantitative estimate of drug-likeness (QED) is 0.115. The molecule has 0 saturated heterocycles. The van der Waals surface area contributed by atoms with E-state index in [4.69, 9.17) is 0 Å². The van der Waals surface area contributed by atoms with Gasteiger partial charge in [0.05, 0.1) is 11.1 Å². The lowest BCUT2D eigenvalue weighted by atomic mass is 9.74. The van der Waals surface area contributed by atoms with Gasteiger partial charge in [0.15, 0.2) is 46.5 Å². The summed E-state index contributed by atoms with van der Waals surface area (Å²) >= 11 is 0. The summed E-state index contributed by atoms with van der Waals surface area (Å²) in [6.07, 6.45) is -11.0. The topological polar surface area (TPSA) is 0 Å². The van der Waals surface area contributed by atoms with E-state index in [2.05, 4.69) is 0 Å². The van der Waals surface area contributed by atoms with Crippen molar-refractivity contribution in [1.82, 2.24) is 0 Å². The first kappa shape index (κ1) is 30.4. The Balaban J connectivity index is 2.58. The molecule has 0 nitrogen and oxygen atoms in total. The van der Waals surface area contributed by atoms with Crippen molar-refractivity contribution in [3.05, 3.63) is 80.9 Å². The number of halogens is 14. The summed E-state index contributed by atoms with van der Waals surface area (Å²) in [4.78, 5) is 0. The van der Waals surface area contributed by atoms with Crippen molar-refractivity contribution in [3.63, 3.8) is 0 Å². The van der Waals surface area contributed by atoms with Crippen LogP contribution in [0.4, 0.5) is 61.5 Å². The van der Waals surface area contributed by atoms with Crippen LogP contribution in [0.1, 0.15) is 43.0 Å². The van der Waals surface area contributed by atoms with Gasteiger partial charge in [0.25, 0.3) is 0 Å². The van der Waals surface area contributed by atoms with Gasteiger partial charge in [-0.2, -0.15) is 26.3 Å². The van der Waals surface area contributed by atoms with Gasteiger partial charge in [-0.15, -0.1) is 0 Å². The van der Waals surface area contributed by atoms with Crippen LogP contribution in [0.3, 0.4) is 0 Å². The third-order valence-electron chi connectivity index (χ3n) is 6.59. The molecule has 0 radical (unpaired) electrons.